The van der Waals surface area contributed by atoms with Gasteiger partial charge in [0.2, 0.25) is 6.10 Å². The van der Waals surface area contributed by atoms with Crippen LogP contribution < -0.4 is 10.1 Å². The maximum Gasteiger partial charge on any atom is 0.268 e. The molecule has 1 heterocycles. The van der Waals surface area contributed by atoms with Gasteiger partial charge >= 0.3 is 0 Å². The number of amides is 1. The van der Waals surface area contributed by atoms with Crippen LogP contribution in [0.15, 0.2) is 48.5 Å². The summed E-state index contributed by atoms with van der Waals surface area (Å²) in [5, 5.41) is 3.34. The second-order valence-corrected chi connectivity index (χ2v) is 7.24. The zero-order valence-electron chi connectivity index (χ0n) is 15.3. The Morgan fingerprint density at radius 2 is 2.11 bits per heavy atom. The molecule has 1 saturated heterocycles. The third kappa shape index (κ3) is 4.99. The van der Waals surface area contributed by atoms with Crippen molar-refractivity contribution in [3.63, 3.8) is 0 Å². The summed E-state index contributed by atoms with van der Waals surface area (Å²) < 4.78 is 19.3. The molecular formula is C21H24ClFN2O2. The van der Waals surface area contributed by atoms with Gasteiger partial charge in [-0.15, -0.1) is 0 Å². The molecule has 1 aliphatic heterocycles. The average molecular weight is 391 g/mol. The van der Waals surface area contributed by atoms with Gasteiger partial charge in [0.15, 0.2) is 0 Å². The second-order valence-electron chi connectivity index (χ2n) is 6.83. The second kappa shape index (κ2) is 9.20. The van der Waals surface area contributed by atoms with Gasteiger partial charge in [-0.1, -0.05) is 41.9 Å². The number of halogens is 2. The van der Waals surface area contributed by atoms with Crippen LogP contribution in [0.2, 0.25) is 5.02 Å². The van der Waals surface area contributed by atoms with Crippen LogP contribution in [-0.2, 0) is 4.79 Å². The van der Waals surface area contributed by atoms with E-state index in [1.807, 2.05) is 42.3 Å². The number of ether oxygens (including phenoxy) is 1. The Bertz CT molecular complexity index is 770. The molecule has 2 aromatic rings. The van der Waals surface area contributed by atoms with Gasteiger partial charge in [0.1, 0.15) is 11.6 Å². The number of piperidine rings is 1. The number of likely N-dealkylation sites (tertiary alicyclic amines) is 1. The lowest BCUT2D eigenvalue weighted by Gasteiger charge is -2.35. The van der Waals surface area contributed by atoms with Crippen molar-refractivity contribution in [1.29, 1.82) is 0 Å². The van der Waals surface area contributed by atoms with Crippen LogP contribution >= 0.6 is 11.6 Å². The van der Waals surface area contributed by atoms with Crippen LogP contribution in [0.5, 0.6) is 5.75 Å². The maximum absolute atomic E-state index is 13.4. The first-order valence-electron chi connectivity index (χ1n) is 9.18. The van der Waals surface area contributed by atoms with Crippen molar-refractivity contribution in [2.24, 2.45) is 5.92 Å². The van der Waals surface area contributed by atoms with Gasteiger partial charge in [-0.25, -0.2) is 4.39 Å². The molecule has 3 rings (SSSR count). The highest BCUT2D eigenvalue weighted by molar-refractivity contribution is 6.32. The zero-order valence-corrected chi connectivity index (χ0v) is 16.1. The Morgan fingerprint density at radius 1 is 1.33 bits per heavy atom. The lowest BCUT2D eigenvalue weighted by molar-refractivity contribution is -0.140. The van der Waals surface area contributed by atoms with Crippen LogP contribution in [0, 0.1) is 11.7 Å². The van der Waals surface area contributed by atoms with E-state index < -0.39 is 11.9 Å². The maximum atomic E-state index is 13.4. The summed E-state index contributed by atoms with van der Waals surface area (Å²) in [7, 11) is 1.92. The molecule has 0 saturated carbocycles. The highest BCUT2D eigenvalue weighted by atomic mass is 35.5. The largest absolute Gasteiger partial charge is 0.474 e. The molecule has 2 atom stereocenters. The number of rotatable bonds is 6. The fraction of sp³-hybridized carbons (Fsp3) is 0.381. The number of nitrogens with one attached hydrogen (secondary N) is 1. The molecule has 0 bridgehead atoms. The molecule has 1 amide bonds. The number of carbonyl (C=O) groups is 1. The number of nitrogens with zero attached hydrogens (tertiary/aromatic N) is 1. The molecule has 1 aliphatic rings. The van der Waals surface area contributed by atoms with E-state index in [1.54, 1.807) is 0 Å². The lowest BCUT2D eigenvalue weighted by atomic mass is 9.97. The van der Waals surface area contributed by atoms with Crippen molar-refractivity contribution in [2.75, 3.05) is 26.7 Å². The van der Waals surface area contributed by atoms with Crippen molar-refractivity contribution in [3.8, 4) is 5.75 Å². The van der Waals surface area contributed by atoms with E-state index in [4.69, 9.17) is 16.3 Å². The highest BCUT2D eigenvalue weighted by Gasteiger charge is 2.31. The Hall–Kier alpha value is -2.11. The lowest BCUT2D eigenvalue weighted by Crippen LogP contribution is -2.45. The number of hydrogen-bond donors (Lipinski definition) is 1. The molecule has 1 fully saturated rings. The van der Waals surface area contributed by atoms with Crippen molar-refractivity contribution >= 4 is 17.5 Å². The fourth-order valence-corrected chi connectivity index (χ4v) is 3.68. The highest BCUT2D eigenvalue weighted by Crippen LogP contribution is 2.31. The van der Waals surface area contributed by atoms with Gasteiger partial charge in [0.25, 0.3) is 5.91 Å². The quantitative estimate of drug-likeness (QED) is 0.808. The summed E-state index contributed by atoms with van der Waals surface area (Å²) in [6, 6.07) is 13.3. The molecule has 4 nitrogen and oxygen atoms in total. The van der Waals surface area contributed by atoms with E-state index in [-0.39, 0.29) is 10.9 Å². The first-order valence-corrected chi connectivity index (χ1v) is 9.56. The predicted molar refractivity (Wildman–Crippen MR) is 104 cm³/mol. The molecule has 2 unspecified atom stereocenters. The van der Waals surface area contributed by atoms with E-state index in [0.29, 0.717) is 24.8 Å². The minimum absolute atomic E-state index is 0.0950. The predicted octanol–water partition coefficient (Wildman–Crippen LogP) is 4.06. The van der Waals surface area contributed by atoms with Gasteiger partial charge < -0.3 is 15.0 Å². The smallest absolute Gasteiger partial charge is 0.268 e. The third-order valence-corrected chi connectivity index (χ3v) is 5.08. The molecule has 27 heavy (non-hydrogen) atoms. The van der Waals surface area contributed by atoms with Gasteiger partial charge in [-0.3, -0.25) is 4.79 Å². The molecule has 6 heteroatoms. The van der Waals surface area contributed by atoms with E-state index in [0.717, 1.165) is 24.9 Å². The van der Waals surface area contributed by atoms with Crippen molar-refractivity contribution in [3.05, 3.63) is 64.9 Å². The number of carbonyl (C=O) groups excluding carboxylic acids is 1. The zero-order chi connectivity index (χ0) is 19.2. The van der Waals surface area contributed by atoms with Crippen LogP contribution in [-0.4, -0.2) is 37.5 Å². The summed E-state index contributed by atoms with van der Waals surface area (Å²) in [6.45, 7) is 2.29. The molecule has 2 aromatic carbocycles. The summed E-state index contributed by atoms with van der Waals surface area (Å²) in [5.74, 6) is 0.186. The summed E-state index contributed by atoms with van der Waals surface area (Å²) >= 11 is 6.12. The van der Waals surface area contributed by atoms with Crippen LogP contribution in [0.4, 0.5) is 4.39 Å². The number of hydrogen-bond acceptors (Lipinski definition) is 3. The summed E-state index contributed by atoms with van der Waals surface area (Å²) in [6.07, 6.45) is 1.25. The van der Waals surface area contributed by atoms with Crippen molar-refractivity contribution in [1.82, 2.24) is 10.2 Å². The van der Waals surface area contributed by atoms with E-state index in [1.165, 1.54) is 18.2 Å². The summed E-state index contributed by atoms with van der Waals surface area (Å²) in [4.78, 5) is 15.2. The van der Waals surface area contributed by atoms with Gasteiger partial charge in [0, 0.05) is 18.7 Å². The Labute approximate surface area is 164 Å². The first kappa shape index (κ1) is 19.6. The van der Waals surface area contributed by atoms with Crippen LogP contribution in [0.25, 0.3) is 0 Å². The van der Waals surface area contributed by atoms with Crippen LogP contribution in [0.1, 0.15) is 24.5 Å². The SMILES string of the molecule is CNCC1CCCN(C(=O)C(Oc2ccc(F)cc2Cl)c2ccccc2)C1. The molecule has 144 valence electrons. The fourth-order valence-electron chi connectivity index (χ4n) is 3.47. The molecule has 0 radical (unpaired) electrons. The molecule has 0 aromatic heterocycles. The Balaban J connectivity index is 1.84. The number of benzene rings is 2. The van der Waals surface area contributed by atoms with E-state index >= 15 is 0 Å². The van der Waals surface area contributed by atoms with E-state index in [9.17, 15) is 9.18 Å². The van der Waals surface area contributed by atoms with Crippen LogP contribution in [0.3, 0.4) is 0 Å². The molecular weight excluding hydrogens is 367 g/mol. The minimum atomic E-state index is -0.817. The normalized spacial score (nSPS) is 18.2. The van der Waals surface area contributed by atoms with Crippen molar-refractivity contribution < 1.29 is 13.9 Å². The van der Waals surface area contributed by atoms with Gasteiger partial charge in [-0.05, 0) is 50.6 Å². The van der Waals surface area contributed by atoms with E-state index in [2.05, 4.69) is 5.32 Å². The minimum Gasteiger partial charge on any atom is -0.474 e. The molecule has 0 aliphatic carbocycles. The standard InChI is InChI=1S/C21H24ClFN2O2/c1-24-13-15-6-5-11-25(14-15)21(26)20(16-7-3-2-4-8-16)27-19-10-9-17(23)12-18(19)22/h2-4,7-10,12,15,20,24H,5-6,11,13-14H2,1H3. The Kier molecular flexibility index (Phi) is 6.69. The third-order valence-electron chi connectivity index (χ3n) is 4.79. The van der Waals surface area contributed by atoms with Gasteiger partial charge in [0.05, 0.1) is 5.02 Å². The molecule has 1 N–H and O–H groups in total. The molecule has 0 spiro atoms. The topological polar surface area (TPSA) is 41.6 Å². The average Bonchev–Trinajstić information content (AvgIpc) is 2.68. The van der Waals surface area contributed by atoms with Gasteiger partial charge in [-0.2, -0.15) is 0 Å². The Morgan fingerprint density at radius 3 is 2.81 bits per heavy atom. The monoisotopic (exact) mass is 390 g/mol. The van der Waals surface area contributed by atoms with Crippen molar-refractivity contribution in [2.45, 2.75) is 18.9 Å². The summed E-state index contributed by atoms with van der Waals surface area (Å²) in [5.41, 5.74) is 0.749. The first-order chi connectivity index (χ1) is 13.1.